The number of hydrogen-bond acceptors (Lipinski definition) is 2. The molecule has 0 aliphatic heterocycles. The molecule has 0 fully saturated rings. The Hall–Kier alpha value is -6.58. The van der Waals surface area contributed by atoms with E-state index in [9.17, 15) is 15.1 Å². The Morgan fingerprint density at radius 3 is 1.82 bits per heavy atom. The van der Waals surface area contributed by atoms with Crippen LogP contribution in [0.25, 0.3) is 71.3 Å². The van der Waals surface area contributed by atoms with Gasteiger partial charge in [-0.1, -0.05) is 121 Å². The summed E-state index contributed by atoms with van der Waals surface area (Å²) in [4.78, 5) is 0.434. The van der Waals surface area contributed by atoms with Crippen LogP contribution in [-0.4, -0.2) is 4.57 Å². The molecule has 0 N–H and O–H groups in total. The molecular formula is C46H30N2O. The van der Waals surface area contributed by atoms with Crippen LogP contribution >= 0.6 is 0 Å². The van der Waals surface area contributed by atoms with E-state index in [1.807, 2.05) is 0 Å². The van der Waals surface area contributed by atoms with Gasteiger partial charge in [-0.25, -0.2) is 0 Å². The lowest BCUT2D eigenvalue weighted by atomic mass is 10.0. The fourth-order valence-corrected chi connectivity index (χ4v) is 5.57. The summed E-state index contributed by atoms with van der Waals surface area (Å²) in [5, 5.41) is -4.24. The molecule has 0 saturated carbocycles. The minimum Gasteiger partial charge on any atom is -0.455 e. The summed E-state index contributed by atoms with van der Waals surface area (Å²) in [6, 6.07) is -30.5. The molecule has 0 saturated heterocycles. The van der Waals surface area contributed by atoms with Gasteiger partial charge in [0.2, 0.25) is 0 Å². The summed E-state index contributed by atoms with van der Waals surface area (Å²) in [6.45, 7) is 0. The molecule has 3 heteroatoms. The highest BCUT2D eigenvalue weighted by Gasteiger charge is 2.22. The molecule has 230 valence electrons. The molecule has 8 aromatic carbocycles. The highest BCUT2D eigenvalue weighted by atomic mass is 16.3. The normalized spacial score (nSPS) is 20.2. The summed E-state index contributed by atoms with van der Waals surface area (Å²) in [5.41, 5.74) is -8.66. The maximum Gasteiger partial charge on any atom is 0.143 e. The predicted octanol–water partition coefficient (Wildman–Crippen LogP) is 13.0. The molecule has 0 unspecified atom stereocenters. The third-order valence-electron chi connectivity index (χ3n) is 7.62. The fraction of sp³-hybridized carbons (Fsp3) is 0. The lowest BCUT2D eigenvalue weighted by Gasteiger charge is -2.27. The first-order valence-electron chi connectivity index (χ1n) is 29.2. The van der Waals surface area contributed by atoms with Gasteiger partial charge in [-0.15, -0.1) is 0 Å². The maximum absolute atomic E-state index is 10.2. The quantitative estimate of drug-likeness (QED) is 0.184. The third kappa shape index (κ3) is 4.37. The summed E-state index contributed by atoms with van der Waals surface area (Å²) < 4.78 is 277. The second-order valence-corrected chi connectivity index (χ2v) is 10.3. The molecule has 0 aliphatic carbocycles. The van der Waals surface area contributed by atoms with Crippen LogP contribution in [0.3, 0.4) is 0 Å². The average Bonchev–Trinajstić information content (AvgIpc) is 4.21. The van der Waals surface area contributed by atoms with E-state index in [0.29, 0.717) is 9.47 Å². The van der Waals surface area contributed by atoms with Gasteiger partial charge in [0.1, 0.15) is 11.2 Å². The molecular weight excluding hydrogens is 597 g/mol. The van der Waals surface area contributed by atoms with Gasteiger partial charge in [-0.05, 0) is 71.6 Å². The second-order valence-electron chi connectivity index (χ2n) is 10.3. The van der Waals surface area contributed by atoms with Crippen molar-refractivity contribution in [3.05, 3.63) is 181 Å². The number of para-hydroxylation sites is 3. The molecule has 0 bridgehead atoms. The minimum atomic E-state index is -1.27. The summed E-state index contributed by atoms with van der Waals surface area (Å²) in [5.74, 6) is 0. The van der Waals surface area contributed by atoms with Gasteiger partial charge in [0.05, 0.1) is 57.8 Å². The van der Waals surface area contributed by atoms with Crippen molar-refractivity contribution in [3.8, 4) is 16.8 Å². The van der Waals surface area contributed by atoms with Crippen LogP contribution in [-0.2, 0) is 0 Å². The number of anilines is 3. The first-order chi connectivity index (χ1) is 36.8. The predicted molar refractivity (Wildman–Crippen MR) is 206 cm³/mol. The van der Waals surface area contributed by atoms with E-state index in [2.05, 4.69) is 0 Å². The Kier molecular flexibility index (Phi) is 2.47. The Labute approximate surface area is 325 Å². The SMILES string of the molecule is [2H]c1c([2H])c([2H])c(-c2c([2H])c([2H])c(N(c3c([2H])c([2H])c4c(c3[2H])c3c([2H])c([2H])c([2H])c([2H])c3n4-c3c([2H])c([2H])c([2H])c([2H])c3[2H])c3c([2H])c4c(oc5c([2H])c([2H])c([2H])c([2H])c54)c4c([2H])c([2H])c([2H])c([2H])c34)c([2H])c2[2H])c([2H])c1[2H]. The Morgan fingerprint density at radius 1 is 0.429 bits per heavy atom. The van der Waals surface area contributed by atoms with Crippen molar-refractivity contribution in [2.75, 3.05) is 4.90 Å². The van der Waals surface area contributed by atoms with Crippen molar-refractivity contribution in [2.24, 2.45) is 0 Å². The highest BCUT2D eigenvalue weighted by Crippen LogP contribution is 2.46. The zero-order chi connectivity index (χ0) is 58.4. The average molecular weight is 657 g/mol. The van der Waals surface area contributed by atoms with Crippen LogP contribution in [0.15, 0.2) is 186 Å². The number of fused-ring (bicyclic) bond motifs is 8. The van der Waals surface area contributed by atoms with Gasteiger partial charge in [0.25, 0.3) is 0 Å². The largest absolute Gasteiger partial charge is 0.455 e. The number of hydrogen-bond donors (Lipinski definition) is 0. The number of furan rings is 1. The van der Waals surface area contributed by atoms with Gasteiger partial charge >= 0.3 is 0 Å². The lowest BCUT2D eigenvalue weighted by Crippen LogP contribution is -2.10. The molecule has 0 spiro atoms. The summed E-state index contributed by atoms with van der Waals surface area (Å²) in [6.07, 6.45) is 0. The molecule has 10 rings (SSSR count). The molecule has 0 atom stereocenters. The topological polar surface area (TPSA) is 21.3 Å². The van der Waals surface area contributed by atoms with Crippen molar-refractivity contribution in [1.29, 1.82) is 0 Å². The van der Waals surface area contributed by atoms with Gasteiger partial charge in [0.15, 0.2) is 0 Å². The highest BCUT2D eigenvalue weighted by molar-refractivity contribution is 6.20. The van der Waals surface area contributed by atoms with Crippen LogP contribution in [0.2, 0.25) is 0 Å². The monoisotopic (exact) mass is 656 g/mol. The molecule has 2 heterocycles. The van der Waals surface area contributed by atoms with Crippen molar-refractivity contribution in [3.63, 3.8) is 0 Å². The van der Waals surface area contributed by atoms with Crippen LogP contribution in [0, 0.1) is 0 Å². The summed E-state index contributed by atoms with van der Waals surface area (Å²) in [7, 11) is 0. The van der Waals surface area contributed by atoms with E-state index in [-0.39, 0.29) is 0 Å². The number of nitrogens with zero attached hydrogens (tertiary/aromatic N) is 2. The van der Waals surface area contributed by atoms with E-state index < -0.39 is 270 Å². The minimum absolute atomic E-state index is 0.434. The molecule has 2 aromatic heterocycles. The zero-order valence-corrected chi connectivity index (χ0v) is 24.3. The van der Waals surface area contributed by atoms with Gasteiger partial charge in [-0.2, -0.15) is 0 Å². The van der Waals surface area contributed by atoms with Crippen molar-refractivity contribution < 1.29 is 45.5 Å². The second kappa shape index (κ2) is 11.0. The smallest absolute Gasteiger partial charge is 0.143 e. The molecule has 0 amide bonds. The third-order valence-corrected chi connectivity index (χ3v) is 7.62. The van der Waals surface area contributed by atoms with Crippen LogP contribution in [0.1, 0.15) is 41.1 Å². The van der Waals surface area contributed by atoms with E-state index in [0.717, 1.165) is 0 Å². The van der Waals surface area contributed by atoms with E-state index in [4.69, 9.17) is 30.5 Å². The number of benzene rings is 8. The summed E-state index contributed by atoms with van der Waals surface area (Å²) >= 11 is 0. The van der Waals surface area contributed by atoms with E-state index in [1.54, 1.807) is 0 Å². The van der Waals surface area contributed by atoms with Crippen molar-refractivity contribution >= 4 is 71.6 Å². The standard InChI is InChI=1S/C46H30N2O/c1-3-13-31(14-4-1)32-23-25-34(26-24-32)47(44-30-41-38-19-10-12-22-45(38)49-46(41)39-20-8-7-17-36(39)44)35-27-28-43-40(29-35)37-18-9-11-21-42(37)48(43)33-15-5-2-6-16-33/h1-30H/i1D,2D,3D,4D,5D,6D,7D,8D,9D,10D,11D,12D,13D,14D,15D,16D,17D,18D,19D,20D,21D,22D,23D,24D,25D,26D,27D,28D,29D,30D. The zero-order valence-electron chi connectivity index (χ0n) is 54.3. The number of rotatable bonds is 5. The van der Waals surface area contributed by atoms with Gasteiger partial charge in [0, 0.05) is 49.4 Å². The Bertz CT molecular complexity index is 4480. The van der Waals surface area contributed by atoms with Crippen molar-refractivity contribution in [1.82, 2.24) is 4.57 Å². The molecule has 49 heavy (non-hydrogen) atoms. The van der Waals surface area contributed by atoms with Crippen LogP contribution in [0.5, 0.6) is 0 Å². The molecule has 10 aromatic rings. The molecule has 0 aliphatic rings. The van der Waals surface area contributed by atoms with Crippen molar-refractivity contribution in [2.45, 2.75) is 0 Å². The Morgan fingerprint density at radius 2 is 1.02 bits per heavy atom. The van der Waals surface area contributed by atoms with Gasteiger partial charge < -0.3 is 13.9 Å². The molecule has 3 nitrogen and oxygen atoms in total. The first kappa shape index (κ1) is 11.0. The van der Waals surface area contributed by atoms with Crippen LogP contribution in [0.4, 0.5) is 17.1 Å². The van der Waals surface area contributed by atoms with Crippen LogP contribution < -0.4 is 4.90 Å². The first-order valence-corrected chi connectivity index (χ1v) is 14.2. The van der Waals surface area contributed by atoms with Gasteiger partial charge in [-0.3, -0.25) is 0 Å². The maximum atomic E-state index is 10.2. The van der Waals surface area contributed by atoms with E-state index >= 15 is 0 Å². The Balaban J connectivity index is 1.53. The fourth-order valence-electron chi connectivity index (χ4n) is 5.57. The lowest BCUT2D eigenvalue weighted by molar-refractivity contribution is 0.672. The number of aromatic nitrogens is 1. The van der Waals surface area contributed by atoms with E-state index in [1.165, 1.54) is 0 Å². The molecule has 0 radical (unpaired) electrons.